The van der Waals surface area contributed by atoms with Crippen LogP contribution in [0, 0.1) is 5.82 Å². The highest BCUT2D eigenvalue weighted by molar-refractivity contribution is 6.33. The van der Waals surface area contributed by atoms with Crippen molar-refractivity contribution in [2.45, 2.75) is 19.3 Å². The van der Waals surface area contributed by atoms with Gasteiger partial charge in [-0.05, 0) is 29.8 Å². The molecule has 0 aliphatic carbocycles. The number of aromatic nitrogens is 5. The summed E-state index contributed by atoms with van der Waals surface area (Å²) in [6.45, 7) is 0.730. The largest absolute Gasteiger partial charge is 0.365 e. The van der Waals surface area contributed by atoms with Gasteiger partial charge in [0.25, 0.3) is 5.89 Å². The van der Waals surface area contributed by atoms with Crippen molar-refractivity contribution >= 4 is 11.6 Å². The van der Waals surface area contributed by atoms with Crippen LogP contribution in [0.25, 0.3) is 23.0 Å². The summed E-state index contributed by atoms with van der Waals surface area (Å²) in [5, 5.41) is 12.9. The van der Waals surface area contributed by atoms with Crippen LogP contribution >= 0.6 is 11.6 Å². The van der Waals surface area contributed by atoms with E-state index in [0.29, 0.717) is 28.6 Å². The van der Waals surface area contributed by atoms with Gasteiger partial charge in [0.1, 0.15) is 11.9 Å². The molecule has 0 saturated carbocycles. The first-order valence-corrected chi connectivity index (χ1v) is 8.95. The zero-order chi connectivity index (χ0) is 19.1. The zero-order valence-corrected chi connectivity index (χ0v) is 15.2. The molecular formula is C19H13ClFN5O2. The molecule has 0 bridgehead atoms. The van der Waals surface area contributed by atoms with Gasteiger partial charge in [-0.15, -0.1) is 5.10 Å². The maximum absolute atomic E-state index is 13.1. The van der Waals surface area contributed by atoms with Crippen LogP contribution in [0.5, 0.6) is 0 Å². The second-order valence-electron chi connectivity index (χ2n) is 6.32. The Morgan fingerprint density at radius 2 is 1.93 bits per heavy atom. The first kappa shape index (κ1) is 17.0. The van der Waals surface area contributed by atoms with Crippen molar-refractivity contribution in [1.82, 2.24) is 25.1 Å². The van der Waals surface area contributed by atoms with E-state index >= 15 is 0 Å². The Labute approximate surface area is 163 Å². The molecule has 1 atom stereocenters. The summed E-state index contributed by atoms with van der Waals surface area (Å²) in [6.07, 6.45) is -0.232. The highest BCUT2D eigenvalue weighted by Gasteiger charge is 2.28. The molecule has 0 fully saturated rings. The summed E-state index contributed by atoms with van der Waals surface area (Å²) >= 11 is 6.20. The molecule has 0 amide bonds. The second kappa shape index (κ2) is 6.81. The maximum atomic E-state index is 13.1. The smallest absolute Gasteiger partial charge is 0.280 e. The molecule has 5 rings (SSSR count). The average molecular weight is 398 g/mol. The Balaban J connectivity index is 1.43. The molecular weight excluding hydrogens is 385 g/mol. The van der Waals surface area contributed by atoms with E-state index < -0.39 is 0 Å². The summed E-state index contributed by atoms with van der Waals surface area (Å²) in [5.74, 6) is 0.345. The minimum absolute atomic E-state index is 0.232. The van der Waals surface area contributed by atoms with Crippen LogP contribution in [0.2, 0.25) is 5.02 Å². The number of benzene rings is 2. The Morgan fingerprint density at radius 1 is 1.11 bits per heavy atom. The highest BCUT2D eigenvalue weighted by atomic mass is 35.5. The van der Waals surface area contributed by atoms with Crippen molar-refractivity contribution in [3.63, 3.8) is 0 Å². The molecule has 140 valence electrons. The first-order valence-electron chi connectivity index (χ1n) is 8.57. The standard InChI is InChI=1S/C19H13ClFN5O2/c20-14-4-2-1-3-13(14)18-22-19(28-24-18)17-15-10-27-16(9-26(15)25-23-17)11-5-7-12(21)8-6-11/h1-8,16H,9-10H2. The van der Waals surface area contributed by atoms with Crippen LogP contribution in [-0.2, 0) is 17.9 Å². The van der Waals surface area contributed by atoms with Gasteiger partial charge in [-0.25, -0.2) is 9.07 Å². The molecule has 7 nitrogen and oxygen atoms in total. The Morgan fingerprint density at radius 3 is 2.75 bits per heavy atom. The van der Waals surface area contributed by atoms with Crippen molar-refractivity contribution in [2.24, 2.45) is 0 Å². The summed E-state index contributed by atoms with van der Waals surface area (Å²) in [4.78, 5) is 4.40. The highest BCUT2D eigenvalue weighted by Crippen LogP contribution is 2.32. The lowest BCUT2D eigenvalue weighted by atomic mass is 10.1. The molecule has 4 aromatic rings. The Hall–Kier alpha value is -3.10. The normalized spacial score (nSPS) is 16.1. The molecule has 1 aliphatic rings. The second-order valence-corrected chi connectivity index (χ2v) is 6.73. The van der Waals surface area contributed by atoms with E-state index in [4.69, 9.17) is 20.9 Å². The van der Waals surface area contributed by atoms with Crippen LogP contribution in [-0.4, -0.2) is 25.1 Å². The van der Waals surface area contributed by atoms with Crippen molar-refractivity contribution in [3.8, 4) is 23.0 Å². The first-order chi connectivity index (χ1) is 13.7. The minimum Gasteiger partial charge on any atom is -0.365 e. The SMILES string of the molecule is Fc1ccc(C2Cn3nnc(-c4nc(-c5ccccc5Cl)no4)c3CO2)cc1. The van der Waals surface area contributed by atoms with Gasteiger partial charge in [-0.3, -0.25) is 0 Å². The average Bonchev–Trinajstić information content (AvgIpc) is 3.35. The molecule has 1 unspecified atom stereocenters. The van der Waals surface area contributed by atoms with E-state index in [1.807, 2.05) is 18.2 Å². The van der Waals surface area contributed by atoms with Crippen LogP contribution in [0.3, 0.4) is 0 Å². The molecule has 0 N–H and O–H groups in total. The number of nitrogens with zero attached hydrogens (tertiary/aromatic N) is 5. The van der Waals surface area contributed by atoms with E-state index in [0.717, 1.165) is 11.3 Å². The lowest BCUT2D eigenvalue weighted by molar-refractivity contribution is -0.00120. The van der Waals surface area contributed by atoms with E-state index in [1.54, 1.807) is 22.9 Å². The molecule has 9 heteroatoms. The van der Waals surface area contributed by atoms with Crippen molar-refractivity contribution in [1.29, 1.82) is 0 Å². The fourth-order valence-corrected chi connectivity index (χ4v) is 3.35. The molecule has 0 spiro atoms. The van der Waals surface area contributed by atoms with Gasteiger partial charge in [-0.1, -0.05) is 46.2 Å². The van der Waals surface area contributed by atoms with Gasteiger partial charge in [0, 0.05) is 5.56 Å². The van der Waals surface area contributed by atoms with Gasteiger partial charge in [0.05, 0.1) is 23.9 Å². The molecule has 28 heavy (non-hydrogen) atoms. The molecule has 2 aromatic heterocycles. The fourth-order valence-electron chi connectivity index (χ4n) is 3.13. The van der Waals surface area contributed by atoms with Crippen LogP contribution in [0.15, 0.2) is 53.1 Å². The van der Waals surface area contributed by atoms with E-state index in [9.17, 15) is 4.39 Å². The third-order valence-corrected chi connectivity index (χ3v) is 4.91. The topological polar surface area (TPSA) is 78.9 Å². The number of hydrogen-bond acceptors (Lipinski definition) is 6. The lowest BCUT2D eigenvalue weighted by Crippen LogP contribution is -2.22. The predicted molar refractivity (Wildman–Crippen MR) is 97.7 cm³/mol. The molecule has 1 aliphatic heterocycles. The number of hydrogen-bond donors (Lipinski definition) is 0. The number of ether oxygens (including phenoxy) is 1. The van der Waals surface area contributed by atoms with Gasteiger partial charge in [-0.2, -0.15) is 4.98 Å². The van der Waals surface area contributed by atoms with Gasteiger partial charge in [0.2, 0.25) is 5.82 Å². The Bertz CT molecular complexity index is 1140. The molecule has 3 heterocycles. The summed E-state index contributed by atoms with van der Waals surface area (Å²) in [7, 11) is 0. The van der Waals surface area contributed by atoms with Gasteiger partial charge >= 0.3 is 0 Å². The van der Waals surface area contributed by atoms with E-state index in [2.05, 4.69) is 20.5 Å². The minimum atomic E-state index is -0.283. The van der Waals surface area contributed by atoms with Crippen LogP contribution in [0.1, 0.15) is 17.4 Å². The number of rotatable bonds is 3. The molecule has 2 aromatic carbocycles. The van der Waals surface area contributed by atoms with Crippen molar-refractivity contribution < 1.29 is 13.7 Å². The lowest BCUT2D eigenvalue weighted by Gasteiger charge is -2.24. The zero-order valence-electron chi connectivity index (χ0n) is 14.4. The summed E-state index contributed by atoms with van der Waals surface area (Å²) in [6, 6.07) is 13.5. The number of fused-ring (bicyclic) bond motifs is 1. The van der Waals surface area contributed by atoms with Crippen molar-refractivity contribution in [2.75, 3.05) is 0 Å². The maximum Gasteiger partial charge on any atom is 0.280 e. The van der Waals surface area contributed by atoms with E-state index in [-0.39, 0.29) is 24.4 Å². The third-order valence-electron chi connectivity index (χ3n) is 4.58. The van der Waals surface area contributed by atoms with Gasteiger partial charge < -0.3 is 9.26 Å². The third kappa shape index (κ3) is 2.96. The van der Waals surface area contributed by atoms with Crippen LogP contribution in [0.4, 0.5) is 4.39 Å². The van der Waals surface area contributed by atoms with E-state index in [1.165, 1.54) is 12.1 Å². The Kier molecular flexibility index (Phi) is 4.14. The van der Waals surface area contributed by atoms with Gasteiger partial charge in [0.15, 0.2) is 5.69 Å². The summed E-state index contributed by atoms with van der Waals surface area (Å²) < 4.78 is 26.2. The van der Waals surface area contributed by atoms with Crippen molar-refractivity contribution in [3.05, 3.63) is 70.6 Å². The quantitative estimate of drug-likeness (QED) is 0.518. The fraction of sp³-hybridized carbons (Fsp3) is 0.158. The summed E-state index contributed by atoms with van der Waals surface area (Å²) in [5.41, 5.74) is 2.77. The van der Waals surface area contributed by atoms with Crippen LogP contribution < -0.4 is 0 Å². The number of halogens is 2. The predicted octanol–water partition coefficient (Wildman–Crippen LogP) is 4.06. The monoisotopic (exact) mass is 397 g/mol. The molecule has 0 saturated heterocycles. The molecule has 0 radical (unpaired) electrons.